The molecule has 2 unspecified atom stereocenters. The molecule has 6 nitrogen and oxygen atoms in total. The smallest absolute Gasteiger partial charge is 0.338 e. The summed E-state index contributed by atoms with van der Waals surface area (Å²) in [5, 5.41) is 5.79. The lowest BCUT2D eigenvalue weighted by Crippen LogP contribution is -2.39. The Bertz CT molecular complexity index is 1250. The molecule has 1 amide bonds. The molecule has 0 saturated heterocycles. The van der Waals surface area contributed by atoms with Gasteiger partial charge in [-0.1, -0.05) is 72.8 Å². The summed E-state index contributed by atoms with van der Waals surface area (Å²) in [6.07, 6.45) is 1.07. The normalized spacial score (nSPS) is 17.8. The molecular formula is C29H33N3O3S. The van der Waals surface area contributed by atoms with Crippen LogP contribution in [0.25, 0.3) is 0 Å². The Labute approximate surface area is 217 Å². The third kappa shape index (κ3) is 5.57. The van der Waals surface area contributed by atoms with E-state index in [1.807, 2.05) is 75.3 Å². The summed E-state index contributed by atoms with van der Waals surface area (Å²) in [7, 11) is 0. The zero-order chi connectivity index (χ0) is 25.8. The molecule has 7 heteroatoms. The highest BCUT2D eigenvalue weighted by molar-refractivity contribution is 8.16. The van der Waals surface area contributed by atoms with Crippen LogP contribution in [0.1, 0.15) is 61.9 Å². The van der Waals surface area contributed by atoms with Crippen LogP contribution in [0.15, 0.2) is 75.9 Å². The number of carbonyl (C=O) groups is 2. The van der Waals surface area contributed by atoms with Crippen LogP contribution in [-0.2, 0) is 20.9 Å². The van der Waals surface area contributed by atoms with Crippen LogP contribution in [-0.4, -0.2) is 28.0 Å². The first-order chi connectivity index (χ1) is 17.3. The predicted octanol–water partition coefficient (Wildman–Crippen LogP) is 5.93. The maximum absolute atomic E-state index is 13.6. The summed E-state index contributed by atoms with van der Waals surface area (Å²) in [5.74, 6) is -0.443. The lowest BCUT2D eigenvalue weighted by molar-refractivity contribution is -0.141. The third-order valence-electron chi connectivity index (χ3n) is 6.52. The molecule has 0 spiro atoms. The number of amides is 1. The van der Waals surface area contributed by atoms with Crippen molar-refractivity contribution < 1.29 is 14.3 Å². The summed E-state index contributed by atoms with van der Waals surface area (Å²) < 4.78 is 5.79. The number of thioether (sulfide) groups is 1. The van der Waals surface area contributed by atoms with Crippen LogP contribution in [0.4, 0.5) is 0 Å². The molecule has 2 aliphatic heterocycles. The number of nitrogens with one attached hydrogen (secondary N) is 1. The zero-order valence-electron chi connectivity index (χ0n) is 21.5. The minimum absolute atomic E-state index is 0.0448. The molecule has 188 valence electrons. The Kier molecular flexibility index (Phi) is 7.99. The lowest BCUT2D eigenvalue weighted by Gasteiger charge is -2.37. The number of allylic oxidation sites excluding steroid dienone is 1. The molecule has 4 rings (SSSR count). The highest BCUT2D eigenvalue weighted by Gasteiger charge is 2.41. The molecule has 0 aliphatic carbocycles. The molecule has 2 aliphatic rings. The van der Waals surface area contributed by atoms with E-state index >= 15 is 0 Å². The van der Waals surface area contributed by atoms with E-state index in [-0.39, 0.29) is 25.0 Å². The summed E-state index contributed by atoms with van der Waals surface area (Å²) in [6.45, 7) is 10.2. The van der Waals surface area contributed by atoms with Gasteiger partial charge < -0.3 is 15.0 Å². The SMILES string of the molecule is CCC(C)NC(=O)CC1=CSC2=NC(C)=C(C(=O)OCc3ccccc3)C(c3cc(C)ccc3C)N12. The van der Waals surface area contributed by atoms with Crippen molar-refractivity contribution in [1.29, 1.82) is 0 Å². The fourth-order valence-corrected chi connectivity index (χ4v) is 5.34. The summed E-state index contributed by atoms with van der Waals surface area (Å²) in [6, 6.07) is 15.6. The van der Waals surface area contributed by atoms with Gasteiger partial charge in [0.2, 0.25) is 5.91 Å². The van der Waals surface area contributed by atoms with Crippen LogP contribution < -0.4 is 5.32 Å². The topological polar surface area (TPSA) is 71.0 Å². The molecule has 0 bridgehead atoms. The minimum atomic E-state index is -0.432. The summed E-state index contributed by atoms with van der Waals surface area (Å²) in [4.78, 5) is 33.2. The average molecular weight is 504 g/mol. The first-order valence-electron chi connectivity index (χ1n) is 12.3. The number of amidine groups is 1. The first kappa shape index (κ1) is 25.8. The van der Waals surface area contributed by atoms with E-state index < -0.39 is 12.0 Å². The highest BCUT2D eigenvalue weighted by atomic mass is 32.2. The van der Waals surface area contributed by atoms with E-state index in [4.69, 9.17) is 9.73 Å². The summed E-state index contributed by atoms with van der Waals surface area (Å²) in [5.41, 5.74) is 6.05. The van der Waals surface area contributed by atoms with Gasteiger partial charge >= 0.3 is 5.97 Å². The number of carbonyl (C=O) groups excluding carboxylic acids is 2. The number of fused-ring (bicyclic) bond motifs is 1. The number of benzene rings is 2. The maximum atomic E-state index is 13.6. The van der Waals surface area contributed by atoms with Gasteiger partial charge in [-0.25, -0.2) is 9.79 Å². The zero-order valence-corrected chi connectivity index (χ0v) is 22.3. The molecule has 0 radical (unpaired) electrons. The van der Waals surface area contributed by atoms with E-state index in [1.165, 1.54) is 11.8 Å². The van der Waals surface area contributed by atoms with Gasteiger partial charge in [0.05, 0.1) is 23.7 Å². The second-order valence-corrected chi connectivity index (χ2v) is 10.2. The molecule has 36 heavy (non-hydrogen) atoms. The minimum Gasteiger partial charge on any atom is -0.457 e. The van der Waals surface area contributed by atoms with E-state index in [1.54, 1.807) is 0 Å². The highest BCUT2D eigenvalue weighted by Crippen LogP contribution is 2.45. The monoisotopic (exact) mass is 503 g/mol. The van der Waals surface area contributed by atoms with Crippen LogP contribution >= 0.6 is 11.8 Å². The molecule has 0 aromatic heterocycles. The number of aryl methyl sites for hydroxylation is 2. The van der Waals surface area contributed by atoms with Crippen molar-refractivity contribution >= 4 is 28.8 Å². The van der Waals surface area contributed by atoms with Crippen molar-refractivity contribution in [3.8, 4) is 0 Å². The Balaban J connectivity index is 1.70. The average Bonchev–Trinajstić information content (AvgIpc) is 3.25. The van der Waals surface area contributed by atoms with E-state index in [2.05, 4.69) is 23.5 Å². The number of nitrogens with zero attached hydrogens (tertiary/aromatic N) is 2. The number of hydrogen-bond acceptors (Lipinski definition) is 6. The van der Waals surface area contributed by atoms with Gasteiger partial charge in [-0.2, -0.15) is 0 Å². The number of aliphatic imine (C=N–C) groups is 1. The fourth-order valence-electron chi connectivity index (χ4n) is 4.37. The van der Waals surface area contributed by atoms with Gasteiger partial charge in [0.25, 0.3) is 0 Å². The number of hydrogen-bond donors (Lipinski definition) is 1. The van der Waals surface area contributed by atoms with E-state index in [9.17, 15) is 9.59 Å². The quantitative estimate of drug-likeness (QED) is 0.452. The Morgan fingerprint density at radius 2 is 1.89 bits per heavy atom. The Hall–Kier alpha value is -3.32. The van der Waals surface area contributed by atoms with E-state index in [0.29, 0.717) is 11.3 Å². The molecule has 0 fully saturated rings. The van der Waals surface area contributed by atoms with Crippen LogP contribution in [0.2, 0.25) is 0 Å². The maximum Gasteiger partial charge on any atom is 0.338 e. The second-order valence-electron chi connectivity index (χ2n) is 9.37. The van der Waals surface area contributed by atoms with Crippen LogP contribution in [0.3, 0.4) is 0 Å². The molecule has 2 heterocycles. The van der Waals surface area contributed by atoms with Crippen LogP contribution in [0.5, 0.6) is 0 Å². The summed E-state index contributed by atoms with van der Waals surface area (Å²) >= 11 is 1.48. The fraction of sp³-hybridized carbons (Fsp3) is 0.345. The predicted molar refractivity (Wildman–Crippen MR) is 145 cm³/mol. The van der Waals surface area contributed by atoms with Crippen molar-refractivity contribution in [2.75, 3.05) is 0 Å². The Morgan fingerprint density at radius 1 is 1.14 bits per heavy atom. The van der Waals surface area contributed by atoms with Gasteiger partial charge in [-0.05, 0) is 56.2 Å². The molecule has 0 saturated carbocycles. The Morgan fingerprint density at radius 3 is 2.61 bits per heavy atom. The number of esters is 1. The van der Waals surface area contributed by atoms with Gasteiger partial charge in [0, 0.05) is 11.7 Å². The van der Waals surface area contributed by atoms with Gasteiger partial charge in [0.1, 0.15) is 6.61 Å². The number of ether oxygens (including phenoxy) is 1. The lowest BCUT2D eigenvalue weighted by atomic mass is 9.90. The van der Waals surface area contributed by atoms with Gasteiger partial charge in [-0.15, -0.1) is 0 Å². The molecule has 1 N–H and O–H groups in total. The van der Waals surface area contributed by atoms with Crippen molar-refractivity contribution in [3.05, 3.63) is 93.2 Å². The van der Waals surface area contributed by atoms with Crippen molar-refractivity contribution in [3.63, 3.8) is 0 Å². The third-order valence-corrected chi connectivity index (χ3v) is 7.41. The molecule has 2 aromatic rings. The molecular weight excluding hydrogens is 470 g/mol. The van der Waals surface area contributed by atoms with Crippen molar-refractivity contribution in [2.24, 2.45) is 4.99 Å². The molecule has 2 atom stereocenters. The largest absolute Gasteiger partial charge is 0.457 e. The van der Waals surface area contributed by atoms with Gasteiger partial charge in [0.15, 0.2) is 5.17 Å². The van der Waals surface area contributed by atoms with Gasteiger partial charge in [-0.3, -0.25) is 4.79 Å². The second kappa shape index (κ2) is 11.2. The van der Waals surface area contributed by atoms with E-state index in [0.717, 1.165) is 39.5 Å². The molecule has 2 aromatic carbocycles. The van der Waals surface area contributed by atoms with Crippen molar-refractivity contribution in [1.82, 2.24) is 10.2 Å². The number of rotatable bonds is 8. The standard InChI is InChI=1S/C29H33N3O3S/c1-6-20(4)30-25(33)15-23-17-36-29-31-21(5)26(28(34)35-16-22-10-8-7-9-11-22)27(32(23)29)24-14-18(2)12-13-19(24)3/h7-14,17,20,27H,6,15-16H2,1-5H3,(H,30,33). The first-order valence-corrected chi connectivity index (χ1v) is 13.2. The van der Waals surface area contributed by atoms with Crippen molar-refractivity contribution in [2.45, 2.75) is 66.2 Å². The van der Waals surface area contributed by atoms with Crippen LogP contribution in [0, 0.1) is 13.8 Å².